The maximum Gasteiger partial charge on any atom is 0.442 e. The number of aryl methyl sites for hydroxylation is 2. The van der Waals surface area contributed by atoms with Gasteiger partial charge in [0.1, 0.15) is 0 Å². The summed E-state index contributed by atoms with van der Waals surface area (Å²) < 4.78 is 7.94. The number of hydrogen-bond acceptors (Lipinski definition) is 6. The molecule has 0 unspecified atom stereocenters. The number of aromatic nitrogens is 6. The van der Waals surface area contributed by atoms with E-state index in [2.05, 4.69) is 20.7 Å². The van der Waals surface area contributed by atoms with Crippen LogP contribution in [0.15, 0.2) is 57.8 Å². The minimum Gasteiger partial charge on any atom is -0.295 e. The Morgan fingerprint density at radius 2 is 1.73 bits per heavy atom. The van der Waals surface area contributed by atoms with Gasteiger partial charge in [-0.1, -0.05) is 53.7 Å². The van der Waals surface area contributed by atoms with Crippen molar-refractivity contribution < 1.29 is 4.52 Å². The largest absolute Gasteiger partial charge is 0.442 e. The van der Waals surface area contributed by atoms with Crippen molar-refractivity contribution in [1.82, 2.24) is 29.9 Å². The molecule has 0 saturated carbocycles. The van der Waals surface area contributed by atoms with E-state index in [1.807, 2.05) is 62.4 Å². The number of rotatable bonds is 4. The van der Waals surface area contributed by atoms with Crippen LogP contribution in [0.25, 0.3) is 17.1 Å². The summed E-state index contributed by atoms with van der Waals surface area (Å²) in [6.45, 7) is 4.14. The van der Waals surface area contributed by atoms with Crippen LogP contribution < -0.4 is 5.76 Å². The van der Waals surface area contributed by atoms with Crippen molar-refractivity contribution in [2.45, 2.75) is 20.4 Å². The molecule has 130 valence electrons. The second kappa shape index (κ2) is 6.40. The lowest BCUT2D eigenvalue weighted by atomic mass is 10.1. The van der Waals surface area contributed by atoms with Crippen LogP contribution in [0.3, 0.4) is 0 Å². The molecule has 2 aromatic heterocycles. The molecule has 0 fully saturated rings. The van der Waals surface area contributed by atoms with E-state index in [1.165, 1.54) is 4.57 Å². The predicted molar refractivity (Wildman–Crippen MR) is 93.9 cm³/mol. The van der Waals surface area contributed by atoms with Gasteiger partial charge in [-0.25, -0.2) is 9.36 Å². The highest BCUT2D eigenvalue weighted by atomic mass is 16.5. The molecule has 0 spiro atoms. The molecule has 26 heavy (non-hydrogen) atoms. The Labute approximate surface area is 148 Å². The highest BCUT2D eigenvalue weighted by Crippen LogP contribution is 2.20. The van der Waals surface area contributed by atoms with Gasteiger partial charge in [0.2, 0.25) is 0 Å². The second-order valence-electron chi connectivity index (χ2n) is 5.97. The first kappa shape index (κ1) is 15.9. The van der Waals surface area contributed by atoms with E-state index in [-0.39, 0.29) is 6.54 Å². The zero-order valence-electron chi connectivity index (χ0n) is 14.3. The third-order valence-corrected chi connectivity index (χ3v) is 4.20. The van der Waals surface area contributed by atoms with Crippen LogP contribution in [0, 0.1) is 13.8 Å². The zero-order chi connectivity index (χ0) is 18.1. The highest BCUT2D eigenvalue weighted by Gasteiger charge is 2.18. The van der Waals surface area contributed by atoms with Crippen molar-refractivity contribution in [3.05, 3.63) is 76.0 Å². The minimum atomic E-state index is -0.556. The van der Waals surface area contributed by atoms with Crippen LogP contribution in [-0.4, -0.2) is 29.9 Å². The van der Waals surface area contributed by atoms with E-state index in [4.69, 9.17) is 4.52 Å². The van der Waals surface area contributed by atoms with Gasteiger partial charge < -0.3 is 0 Å². The molecular formula is C18H16N6O2. The number of benzene rings is 2. The lowest BCUT2D eigenvalue weighted by Crippen LogP contribution is -2.19. The maximum absolute atomic E-state index is 12.2. The lowest BCUT2D eigenvalue weighted by molar-refractivity contribution is 0.377. The summed E-state index contributed by atoms with van der Waals surface area (Å²) in [5.74, 6) is 0.399. The van der Waals surface area contributed by atoms with E-state index in [9.17, 15) is 4.79 Å². The number of tetrazole rings is 1. The molecule has 0 radical (unpaired) electrons. The van der Waals surface area contributed by atoms with E-state index in [1.54, 1.807) is 4.68 Å². The molecule has 0 aliphatic carbocycles. The van der Waals surface area contributed by atoms with E-state index in [0.29, 0.717) is 11.6 Å². The monoisotopic (exact) mass is 348 g/mol. The lowest BCUT2D eigenvalue weighted by Gasteiger charge is -2.11. The summed E-state index contributed by atoms with van der Waals surface area (Å²) in [4.78, 5) is 12.2. The first-order valence-electron chi connectivity index (χ1n) is 8.11. The van der Waals surface area contributed by atoms with Gasteiger partial charge in [-0.3, -0.25) is 4.52 Å². The Kier molecular flexibility index (Phi) is 3.92. The third kappa shape index (κ3) is 2.71. The standard InChI is InChI=1S/C18H16N6O2/c1-12-7-6-8-13(2)16(12)24-15(19-21-22-24)11-23-17(20-26-18(23)25)14-9-4-3-5-10-14/h3-10H,11H2,1-2H3. The third-order valence-electron chi connectivity index (χ3n) is 4.20. The fourth-order valence-corrected chi connectivity index (χ4v) is 2.96. The molecule has 8 heteroatoms. The molecule has 4 aromatic rings. The van der Waals surface area contributed by atoms with Gasteiger partial charge in [0.05, 0.1) is 12.2 Å². The van der Waals surface area contributed by atoms with Gasteiger partial charge >= 0.3 is 5.76 Å². The average molecular weight is 348 g/mol. The molecule has 8 nitrogen and oxygen atoms in total. The quantitative estimate of drug-likeness (QED) is 0.561. The molecule has 0 saturated heterocycles. The summed E-state index contributed by atoms with van der Waals surface area (Å²) in [6.07, 6.45) is 0. The van der Waals surface area contributed by atoms with Gasteiger partial charge in [-0.05, 0) is 35.4 Å². The minimum absolute atomic E-state index is 0.146. The number of hydrogen-bond donors (Lipinski definition) is 0. The fraction of sp³-hybridized carbons (Fsp3) is 0.167. The Balaban J connectivity index is 1.79. The summed E-state index contributed by atoms with van der Waals surface area (Å²) >= 11 is 0. The van der Waals surface area contributed by atoms with Crippen molar-refractivity contribution in [3.63, 3.8) is 0 Å². The summed E-state index contributed by atoms with van der Waals surface area (Å²) in [5.41, 5.74) is 3.77. The molecule has 2 aromatic carbocycles. The van der Waals surface area contributed by atoms with Crippen LogP contribution in [0.1, 0.15) is 17.0 Å². The van der Waals surface area contributed by atoms with Gasteiger partial charge in [-0.15, -0.1) is 5.10 Å². The van der Waals surface area contributed by atoms with E-state index >= 15 is 0 Å². The second-order valence-corrected chi connectivity index (χ2v) is 5.97. The zero-order valence-corrected chi connectivity index (χ0v) is 14.3. The summed E-state index contributed by atoms with van der Waals surface area (Å²) in [6, 6.07) is 15.3. The highest BCUT2D eigenvalue weighted by molar-refractivity contribution is 5.54. The Bertz CT molecular complexity index is 1090. The number of nitrogens with zero attached hydrogens (tertiary/aromatic N) is 6. The fourth-order valence-electron chi connectivity index (χ4n) is 2.96. The van der Waals surface area contributed by atoms with Gasteiger partial charge in [0.25, 0.3) is 0 Å². The summed E-state index contributed by atoms with van der Waals surface area (Å²) in [7, 11) is 0. The van der Waals surface area contributed by atoms with Crippen LogP contribution in [0.2, 0.25) is 0 Å². The van der Waals surface area contributed by atoms with Crippen LogP contribution in [-0.2, 0) is 6.54 Å². The molecule has 0 aliphatic heterocycles. The van der Waals surface area contributed by atoms with E-state index in [0.717, 1.165) is 22.4 Å². The molecule has 4 rings (SSSR count). The summed E-state index contributed by atoms with van der Waals surface area (Å²) in [5, 5.41) is 15.9. The SMILES string of the molecule is Cc1cccc(C)c1-n1nnnc1Cn1c(-c2ccccc2)noc1=O. The first-order chi connectivity index (χ1) is 12.6. The topological polar surface area (TPSA) is 91.6 Å². The van der Waals surface area contributed by atoms with Gasteiger partial charge in [0.15, 0.2) is 11.6 Å². The van der Waals surface area contributed by atoms with Crippen LogP contribution >= 0.6 is 0 Å². The van der Waals surface area contributed by atoms with E-state index < -0.39 is 5.76 Å². The van der Waals surface area contributed by atoms with Crippen molar-refractivity contribution in [1.29, 1.82) is 0 Å². The smallest absolute Gasteiger partial charge is 0.295 e. The molecular weight excluding hydrogens is 332 g/mol. The van der Waals surface area contributed by atoms with Crippen molar-refractivity contribution in [2.24, 2.45) is 0 Å². The van der Waals surface area contributed by atoms with Crippen molar-refractivity contribution >= 4 is 0 Å². The molecule has 0 amide bonds. The molecule has 0 N–H and O–H groups in total. The molecule has 2 heterocycles. The van der Waals surface area contributed by atoms with Crippen molar-refractivity contribution in [2.75, 3.05) is 0 Å². The molecule has 0 bridgehead atoms. The van der Waals surface area contributed by atoms with Crippen LogP contribution in [0.4, 0.5) is 0 Å². The maximum atomic E-state index is 12.2. The predicted octanol–water partition coefficient (Wildman–Crippen LogP) is 2.14. The Hall–Kier alpha value is -3.55. The van der Waals surface area contributed by atoms with Gasteiger partial charge in [0, 0.05) is 5.56 Å². The first-order valence-corrected chi connectivity index (χ1v) is 8.11. The Morgan fingerprint density at radius 1 is 1.00 bits per heavy atom. The normalized spacial score (nSPS) is 11.0. The average Bonchev–Trinajstić information content (AvgIpc) is 3.24. The Morgan fingerprint density at radius 3 is 2.46 bits per heavy atom. The molecule has 0 aliphatic rings. The molecule has 0 atom stereocenters. The van der Waals surface area contributed by atoms with Crippen LogP contribution in [0.5, 0.6) is 0 Å². The number of para-hydroxylation sites is 1. The van der Waals surface area contributed by atoms with Crippen molar-refractivity contribution in [3.8, 4) is 17.1 Å². The van der Waals surface area contributed by atoms with Gasteiger partial charge in [-0.2, -0.15) is 4.68 Å².